The van der Waals surface area contributed by atoms with E-state index in [1.165, 1.54) is 51.5 Å². The maximum absolute atomic E-state index is 9.94. The average Bonchev–Trinajstić information content (AvgIpc) is 3.05. The summed E-state index contributed by atoms with van der Waals surface area (Å²) in [4.78, 5) is 2.57. The molecule has 0 bridgehead atoms. The van der Waals surface area contributed by atoms with Crippen LogP contribution in [-0.2, 0) is 0 Å². The van der Waals surface area contributed by atoms with Crippen LogP contribution >= 0.6 is 0 Å². The van der Waals surface area contributed by atoms with Crippen molar-refractivity contribution in [3.8, 4) is 0 Å². The summed E-state index contributed by atoms with van der Waals surface area (Å²) in [5.74, 6) is 0.638. The first kappa shape index (κ1) is 16.3. The molecule has 118 valence electrons. The van der Waals surface area contributed by atoms with E-state index in [4.69, 9.17) is 0 Å². The fourth-order valence-corrected chi connectivity index (χ4v) is 4.47. The minimum atomic E-state index is -0.00924. The number of nitrogens with one attached hydrogen (secondary N) is 1. The highest BCUT2D eigenvalue weighted by molar-refractivity contribution is 5.00. The third kappa shape index (κ3) is 3.75. The molecule has 20 heavy (non-hydrogen) atoms. The second-order valence-electron chi connectivity index (χ2n) is 7.41. The number of aliphatic hydroxyl groups excluding tert-OH is 1. The van der Waals surface area contributed by atoms with E-state index in [9.17, 15) is 5.11 Å². The largest absolute Gasteiger partial charge is 0.394 e. The summed E-state index contributed by atoms with van der Waals surface area (Å²) in [5, 5.41) is 13.6. The molecular weight excluding hydrogens is 248 g/mol. The van der Waals surface area contributed by atoms with Gasteiger partial charge in [-0.25, -0.2) is 0 Å². The molecule has 2 unspecified atom stereocenters. The molecule has 2 rings (SSSR count). The Kier molecular flexibility index (Phi) is 5.88. The normalized spacial score (nSPS) is 31.8. The second-order valence-corrected chi connectivity index (χ2v) is 7.41. The van der Waals surface area contributed by atoms with Gasteiger partial charge in [0.15, 0.2) is 0 Å². The zero-order valence-electron chi connectivity index (χ0n) is 13.7. The van der Waals surface area contributed by atoms with E-state index in [2.05, 4.69) is 31.1 Å². The Hall–Kier alpha value is -0.120. The number of aliphatic hydroxyl groups is 1. The van der Waals surface area contributed by atoms with Crippen LogP contribution in [0, 0.1) is 5.92 Å². The fraction of sp³-hybridized carbons (Fsp3) is 1.00. The van der Waals surface area contributed by atoms with Gasteiger partial charge in [-0.1, -0.05) is 33.1 Å². The van der Waals surface area contributed by atoms with Crippen LogP contribution in [0.1, 0.15) is 65.2 Å². The van der Waals surface area contributed by atoms with E-state index in [0.717, 1.165) is 12.5 Å². The van der Waals surface area contributed by atoms with Crippen LogP contribution < -0.4 is 5.32 Å². The lowest BCUT2D eigenvalue weighted by molar-refractivity contribution is 0.101. The predicted octanol–water partition coefficient (Wildman–Crippen LogP) is 2.78. The molecule has 0 aromatic carbocycles. The van der Waals surface area contributed by atoms with Crippen molar-refractivity contribution in [2.24, 2.45) is 5.92 Å². The second kappa shape index (κ2) is 7.24. The first-order chi connectivity index (χ1) is 9.57. The standard InChI is InChI=1S/C17H34N2O/c1-14(2)18-17(13-20)11-6-7-15(17)10-12-19(3)16-8-4-5-9-16/h14-16,18,20H,4-13H2,1-3H3. The number of hydrogen-bond donors (Lipinski definition) is 2. The third-order valence-corrected chi connectivity index (χ3v) is 5.59. The summed E-state index contributed by atoms with van der Waals surface area (Å²) in [7, 11) is 2.29. The van der Waals surface area contributed by atoms with Crippen LogP contribution in [0.2, 0.25) is 0 Å². The molecular formula is C17H34N2O. The molecule has 2 N–H and O–H groups in total. The van der Waals surface area contributed by atoms with Gasteiger partial charge in [-0.2, -0.15) is 0 Å². The van der Waals surface area contributed by atoms with Crippen LogP contribution in [0.25, 0.3) is 0 Å². The molecule has 0 aromatic heterocycles. The molecule has 0 aliphatic heterocycles. The Morgan fingerprint density at radius 1 is 1.20 bits per heavy atom. The molecule has 0 saturated heterocycles. The third-order valence-electron chi connectivity index (χ3n) is 5.59. The van der Waals surface area contributed by atoms with Gasteiger partial charge >= 0.3 is 0 Å². The maximum atomic E-state index is 9.94. The smallest absolute Gasteiger partial charge is 0.0616 e. The summed E-state index contributed by atoms with van der Waals surface area (Å²) in [5.41, 5.74) is -0.00924. The van der Waals surface area contributed by atoms with Crippen molar-refractivity contribution in [1.29, 1.82) is 0 Å². The van der Waals surface area contributed by atoms with Crippen LogP contribution in [-0.4, -0.2) is 47.8 Å². The van der Waals surface area contributed by atoms with Gasteiger partial charge in [-0.15, -0.1) is 0 Å². The Bertz CT molecular complexity index is 289. The summed E-state index contributed by atoms with van der Waals surface area (Å²) in [6.45, 7) is 5.87. The van der Waals surface area contributed by atoms with Crippen LogP contribution in [0.5, 0.6) is 0 Å². The molecule has 3 heteroatoms. The minimum Gasteiger partial charge on any atom is -0.394 e. The Balaban J connectivity index is 1.86. The van der Waals surface area contributed by atoms with Crippen molar-refractivity contribution in [3.63, 3.8) is 0 Å². The molecule has 0 heterocycles. The van der Waals surface area contributed by atoms with E-state index in [0.29, 0.717) is 18.6 Å². The van der Waals surface area contributed by atoms with Crippen LogP contribution in [0.15, 0.2) is 0 Å². The van der Waals surface area contributed by atoms with Crippen molar-refractivity contribution < 1.29 is 5.11 Å². The highest BCUT2D eigenvalue weighted by Gasteiger charge is 2.42. The average molecular weight is 282 g/mol. The molecule has 2 aliphatic carbocycles. The first-order valence-electron chi connectivity index (χ1n) is 8.66. The highest BCUT2D eigenvalue weighted by atomic mass is 16.3. The van der Waals surface area contributed by atoms with Crippen molar-refractivity contribution in [3.05, 3.63) is 0 Å². The van der Waals surface area contributed by atoms with E-state index >= 15 is 0 Å². The lowest BCUT2D eigenvalue weighted by atomic mass is 9.84. The van der Waals surface area contributed by atoms with E-state index in [-0.39, 0.29) is 5.54 Å². The van der Waals surface area contributed by atoms with E-state index < -0.39 is 0 Å². The van der Waals surface area contributed by atoms with Crippen molar-refractivity contribution >= 4 is 0 Å². The SMILES string of the molecule is CC(C)NC1(CO)CCCC1CCN(C)C1CCCC1. The molecule has 0 amide bonds. The molecule has 0 spiro atoms. The lowest BCUT2D eigenvalue weighted by Gasteiger charge is -2.38. The molecule has 2 fully saturated rings. The van der Waals surface area contributed by atoms with E-state index in [1.807, 2.05) is 0 Å². The van der Waals surface area contributed by atoms with Crippen molar-refractivity contribution in [2.45, 2.75) is 82.8 Å². The zero-order valence-corrected chi connectivity index (χ0v) is 13.7. The summed E-state index contributed by atoms with van der Waals surface area (Å²) < 4.78 is 0. The van der Waals surface area contributed by atoms with Crippen molar-refractivity contribution in [2.75, 3.05) is 20.2 Å². The molecule has 2 aliphatic rings. The van der Waals surface area contributed by atoms with Gasteiger partial charge in [0.05, 0.1) is 6.61 Å². The summed E-state index contributed by atoms with van der Waals surface area (Å²) in [6.07, 6.45) is 10.5. The van der Waals surface area contributed by atoms with Gasteiger partial charge in [-0.3, -0.25) is 0 Å². The zero-order chi connectivity index (χ0) is 14.6. The fourth-order valence-electron chi connectivity index (χ4n) is 4.47. The van der Waals surface area contributed by atoms with Crippen molar-refractivity contribution in [1.82, 2.24) is 10.2 Å². The Morgan fingerprint density at radius 3 is 2.50 bits per heavy atom. The first-order valence-corrected chi connectivity index (χ1v) is 8.66. The van der Waals surface area contributed by atoms with Crippen LogP contribution in [0.4, 0.5) is 0 Å². The summed E-state index contributed by atoms with van der Waals surface area (Å²) >= 11 is 0. The number of hydrogen-bond acceptors (Lipinski definition) is 3. The molecule has 0 radical (unpaired) electrons. The van der Waals surface area contributed by atoms with Gasteiger partial charge in [-0.05, 0) is 51.6 Å². The minimum absolute atomic E-state index is 0.00924. The highest BCUT2D eigenvalue weighted by Crippen LogP contribution is 2.38. The van der Waals surface area contributed by atoms with E-state index in [1.54, 1.807) is 0 Å². The Labute approximate surface area is 125 Å². The molecule has 2 atom stereocenters. The van der Waals surface area contributed by atoms with Gasteiger partial charge in [0.25, 0.3) is 0 Å². The predicted molar refractivity (Wildman–Crippen MR) is 84.9 cm³/mol. The molecule has 3 nitrogen and oxygen atoms in total. The van der Waals surface area contributed by atoms with Gasteiger partial charge in [0, 0.05) is 17.6 Å². The molecule has 0 aromatic rings. The van der Waals surface area contributed by atoms with Gasteiger partial charge in [0.2, 0.25) is 0 Å². The topological polar surface area (TPSA) is 35.5 Å². The van der Waals surface area contributed by atoms with Gasteiger partial charge in [0.1, 0.15) is 0 Å². The number of nitrogens with zero attached hydrogens (tertiary/aromatic N) is 1. The van der Waals surface area contributed by atoms with Crippen LogP contribution in [0.3, 0.4) is 0 Å². The summed E-state index contributed by atoms with van der Waals surface area (Å²) in [6, 6.07) is 1.27. The Morgan fingerprint density at radius 2 is 1.90 bits per heavy atom. The number of rotatable bonds is 7. The monoisotopic (exact) mass is 282 g/mol. The van der Waals surface area contributed by atoms with Gasteiger partial charge < -0.3 is 15.3 Å². The quantitative estimate of drug-likeness (QED) is 0.754. The molecule has 2 saturated carbocycles. The lowest BCUT2D eigenvalue weighted by Crippen LogP contribution is -2.54. The maximum Gasteiger partial charge on any atom is 0.0616 e.